The molecule has 3 nitrogen and oxygen atoms in total. The van der Waals surface area contributed by atoms with Crippen molar-refractivity contribution >= 4 is 6.09 Å². The third kappa shape index (κ3) is 3.13. The molecular formula is C13H23NO2. The van der Waals surface area contributed by atoms with E-state index in [1.807, 2.05) is 4.90 Å². The maximum atomic E-state index is 11.9. The molecule has 2 aliphatic rings. The van der Waals surface area contributed by atoms with Crippen molar-refractivity contribution in [3.05, 3.63) is 0 Å². The van der Waals surface area contributed by atoms with Crippen molar-refractivity contribution in [2.75, 3.05) is 13.1 Å². The number of likely N-dealkylation sites (tertiary alicyclic amines) is 1. The van der Waals surface area contributed by atoms with E-state index in [-0.39, 0.29) is 12.2 Å². The lowest BCUT2D eigenvalue weighted by Gasteiger charge is -2.32. The van der Waals surface area contributed by atoms with Gasteiger partial charge in [0.2, 0.25) is 0 Å². The van der Waals surface area contributed by atoms with Crippen molar-refractivity contribution in [2.24, 2.45) is 5.92 Å². The van der Waals surface area contributed by atoms with Crippen molar-refractivity contribution in [3.63, 3.8) is 0 Å². The molecule has 16 heavy (non-hydrogen) atoms. The van der Waals surface area contributed by atoms with Crippen LogP contribution in [0.2, 0.25) is 0 Å². The predicted octanol–water partition coefficient (Wildman–Crippen LogP) is 3.19. The van der Waals surface area contributed by atoms with E-state index in [0.717, 1.165) is 32.4 Å². The summed E-state index contributed by atoms with van der Waals surface area (Å²) in [5.41, 5.74) is 0. The smallest absolute Gasteiger partial charge is 0.410 e. The number of nitrogens with zero attached hydrogens (tertiary/aromatic N) is 1. The fraction of sp³-hybridized carbons (Fsp3) is 0.923. The molecular weight excluding hydrogens is 202 g/mol. The van der Waals surface area contributed by atoms with Crippen LogP contribution in [0.15, 0.2) is 0 Å². The predicted molar refractivity (Wildman–Crippen MR) is 63.3 cm³/mol. The van der Waals surface area contributed by atoms with Crippen molar-refractivity contribution in [1.82, 2.24) is 4.90 Å². The third-order valence-electron chi connectivity index (χ3n) is 3.73. The molecule has 1 amide bonds. The highest BCUT2D eigenvalue weighted by Crippen LogP contribution is 2.22. The van der Waals surface area contributed by atoms with Gasteiger partial charge in [0.05, 0.1) is 0 Å². The monoisotopic (exact) mass is 225 g/mol. The second-order valence-electron chi connectivity index (χ2n) is 5.34. The minimum Gasteiger partial charge on any atom is -0.446 e. The molecule has 1 heterocycles. The number of rotatable bonds is 1. The molecule has 0 bridgehead atoms. The molecule has 1 aliphatic carbocycles. The van der Waals surface area contributed by atoms with Crippen LogP contribution < -0.4 is 0 Å². The van der Waals surface area contributed by atoms with Crippen LogP contribution in [0.5, 0.6) is 0 Å². The fourth-order valence-corrected chi connectivity index (χ4v) is 2.76. The molecule has 0 spiro atoms. The molecule has 0 aromatic rings. The van der Waals surface area contributed by atoms with Gasteiger partial charge in [0.15, 0.2) is 0 Å². The molecule has 0 radical (unpaired) electrons. The molecule has 1 atom stereocenters. The average Bonchev–Trinajstić information content (AvgIpc) is 2.30. The highest BCUT2D eigenvalue weighted by Gasteiger charge is 2.25. The number of carbonyl (C=O) groups is 1. The van der Waals surface area contributed by atoms with E-state index in [9.17, 15) is 4.79 Å². The summed E-state index contributed by atoms with van der Waals surface area (Å²) in [7, 11) is 0. The van der Waals surface area contributed by atoms with E-state index in [2.05, 4.69) is 6.92 Å². The van der Waals surface area contributed by atoms with E-state index in [4.69, 9.17) is 4.74 Å². The zero-order valence-corrected chi connectivity index (χ0v) is 10.3. The normalized spacial score (nSPS) is 27.8. The number of amides is 1. The van der Waals surface area contributed by atoms with Crippen LogP contribution in [0.1, 0.15) is 51.9 Å². The first kappa shape index (κ1) is 11.7. The van der Waals surface area contributed by atoms with E-state index in [1.54, 1.807) is 0 Å². The second-order valence-corrected chi connectivity index (χ2v) is 5.34. The van der Waals surface area contributed by atoms with E-state index >= 15 is 0 Å². The van der Waals surface area contributed by atoms with Crippen LogP contribution in [0.25, 0.3) is 0 Å². The first-order valence-electron chi connectivity index (χ1n) is 6.71. The molecule has 2 rings (SSSR count). The van der Waals surface area contributed by atoms with Crippen molar-refractivity contribution in [2.45, 2.75) is 58.0 Å². The standard InChI is InChI=1S/C13H23NO2/c1-11-6-5-9-14(10-11)13(15)16-12-7-3-2-4-8-12/h11-12H,2-10H2,1H3. The van der Waals surface area contributed by atoms with Gasteiger partial charge in [-0.1, -0.05) is 13.3 Å². The maximum absolute atomic E-state index is 11.9. The number of piperidine rings is 1. The lowest BCUT2D eigenvalue weighted by Crippen LogP contribution is -2.41. The second kappa shape index (κ2) is 5.55. The Hall–Kier alpha value is -0.730. The van der Waals surface area contributed by atoms with Gasteiger partial charge in [-0.3, -0.25) is 0 Å². The van der Waals surface area contributed by atoms with E-state index < -0.39 is 0 Å². The van der Waals surface area contributed by atoms with Crippen LogP contribution in [0.3, 0.4) is 0 Å². The molecule has 2 fully saturated rings. The molecule has 3 heteroatoms. The Balaban J connectivity index is 1.77. The summed E-state index contributed by atoms with van der Waals surface area (Å²) in [5, 5.41) is 0. The number of ether oxygens (including phenoxy) is 1. The van der Waals surface area contributed by atoms with Gasteiger partial charge in [0, 0.05) is 13.1 Å². The Kier molecular flexibility index (Phi) is 4.08. The van der Waals surface area contributed by atoms with Gasteiger partial charge in [0.25, 0.3) is 0 Å². The minimum absolute atomic E-state index is 0.0709. The third-order valence-corrected chi connectivity index (χ3v) is 3.73. The van der Waals surface area contributed by atoms with Crippen molar-refractivity contribution in [1.29, 1.82) is 0 Å². The minimum atomic E-state index is -0.0709. The van der Waals surface area contributed by atoms with Crippen LogP contribution in [0, 0.1) is 5.92 Å². The van der Waals surface area contributed by atoms with Gasteiger partial charge < -0.3 is 9.64 Å². The lowest BCUT2D eigenvalue weighted by atomic mass is 9.98. The number of hydrogen-bond acceptors (Lipinski definition) is 2. The SMILES string of the molecule is CC1CCCN(C(=O)OC2CCCCC2)C1. The number of carbonyl (C=O) groups excluding carboxylic acids is 1. The van der Waals surface area contributed by atoms with Crippen molar-refractivity contribution < 1.29 is 9.53 Å². The Labute approximate surface area is 98.1 Å². The highest BCUT2D eigenvalue weighted by molar-refractivity contribution is 5.67. The topological polar surface area (TPSA) is 29.5 Å². The summed E-state index contributed by atoms with van der Waals surface area (Å²) < 4.78 is 5.57. The Morgan fingerprint density at radius 1 is 1.12 bits per heavy atom. The molecule has 0 aromatic carbocycles. The average molecular weight is 225 g/mol. The van der Waals surface area contributed by atoms with E-state index in [0.29, 0.717) is 5.92 Å². The van der Waals surface area contributed by atoms with Gasteiger partial charge in [-0.2, -0.15) is 0 Å². The highest BCUT2D eigenvalue weighted by atomic mass is 16.6. The maximum Gasteiger partial charge on any atom is 0.410 e. The van der Waals surface area contributed by atoms with Gasteiger partial charge in [-0.25, -0.2) is 4.79 Å². The van der Waals surface area contributed by atoms with Crippen LogP contribution in [-0.4, -0.2) is 30.2 Å². The van der Waals surface area contributed by atoms with Gasteiger partial charge in [-0.05, 0) is 44.4 Å². The molecule has 1 saturated heterocycles. The van der Waals surface area contributed by atoms with Gasteiger partial charge in [0.1, 0.15) is 6.10 Å². The molecule has 1 unspecified atom stereocenters. The fourth-order valence-electron chi connectivity index (χ4n) is 2.76. The summed E-state index contributed by atoms with van der Waals surface area (Å²) in [6.07, 6.45) is 8.35. The molecule has 0 N–H and O–H groups in total. The van der Waals surface area contributed by atoms with E-state index in [1.165, 1.54) is 25.7 Å². The quantitative estimate of drug-likeness (QED) is 0.686. The first-order chi connectivity index (χ1) is 7.75. The Morgan fingerprint density at radius 2 is 1.88 bits per heavy atom. The van der Waals surface area contributed by atoms with Gasteiger partial charge in [-0.15, -0.1) is 0 Å². The van der Waals surface area contributed by atoms with Gasteiger partial charge >= 0.3 is 6.09 Å². The first-order valence-corrected chi connectivity index (χ1v) is 6.71. The van der Waals surface area contributed by atoms with Crippen LogP contribution in [-0.2, 0) is 4.74 Å². The Morgan fingerprint density at radius 3 is 2.56 bits per heavy atom. The lowest BCUT2D eigenvalue weighted by molar-refractivity contribution is 0.0369. The molecule has 92 valence electrons. The zero-order chi connectivity index (χ0) is 11.4. The van der Waals surface area contributed by atoms with Crippen LogP contribution >= 0.6 is 0 Å². The summed E-state index contributed by atoms with van der Waals surface area (Å²) in [6.45, 7) is 3.97. The number of hydrogen-bond donors (Lipinski definition) is 0. The Bertz CT molecular complexity index is 236. The largest absolute Gasteiger partial charge is 0.446 e. The zero-order valence-electron chi connectivity index (χ0n) is 10.3. The molecule has 1 saturated carbocycles. The summed E-state index contributed by atoms with van der Waals surface area (Å²) in [4.78, 5) is 13.8. The molecule has 1 aliphatic heterocycles. The van der Waals surface area contributed by atoms with Crippen LogP contribution in [0.4, 0.5) is 4.79 Å². The van der Waals surface area contributed by atoms with Crippen molar-refractivity contribution in [3.8, 4) is 0 Å². The summed E-state index contributed by atoms with van der Waals surface area (Å²) in [6, 6.07) is 0. The summed E-state index contributed by atoms with van der Waals surface area (Å²) in [5.74, 6) is 0.632. The molecule has 0 aromatic heterocycles. The summed E-state index contributed by atoms with van der Waals surface area (Å²) >= 11 is 0.